The second kappa shape index (κ2) is 15.1. The smallest absolute Gasteiger partial charge is 0.302 e. The minimum atomic E-state index is -0.496. The van der Waals surface area contributed by atoms with Crippen LogP contribution in [0.2, 0.25) is 0 Å². The van der Waals surface area contributed by atoms with Crippen LogP contribution in [0.4, 0.5) is 0 Å². The zero-order valence-corrected chi connectivity index (χ0v) is 31.6. The third-order valence-electron chi connectivity index (χ3n) is 10.4. The number of hydrogen-bond acceptors (Lipinski definition) is 5. The van der Waals surface area contributed by atoms with Gasteiger partial charge in [0.1, 0.15) is 11.7 Å². The van der Waals surface area contributed by atoms with Gasteiger partial charge in [-0.05, 0) is 92.9 Å². The number of epoxide rings is 1. The average Bonchev–Trinajstić information content (AvgIpc) is 3.53. The predicted molar refractivity (Wildman–Crippen MR) is 197 cm³/mol. The van der Waals surface area contributed by atoms with E-state index in [1.54, 1.807) is 0 Å². The van der Waals surface area contributed by atoms with Gasteiger partial charge in [0.05, 0.1) is 11.7 Å². The van der Waals surface area contributed by atoms with E-state index in [4.69, 9.17) is 9.47 Å². The molecule has 0 radical (unpaired) electrons. The van der Waals surface area contributed by atoms with E-state index in [0.717, 1.165) is 29.6 Å². The molecule has 2 aliphatic carbocycles. The topological polar surface area (TPSA) is 76.1 Å². The maximum Gasteiger partial charge on any atom is 0.302 e. The number of ether oxygens (including phenoxy) is 2. The summed E-state index contributed by atoms with van der Waals surface area (Å²) in [6.07, 6.45) is 25.0. The molecule has 3 aliphatic rings. The highest BCUT2D eigenvalue weighted by Crippen LogP contribution is 2.67. The normalized spacial score (nSPS) is 30.4. The first-order valence-electron chi connectivity index (χ1n) is 17.4. The minimum Gasteiger partial charge on any atom is -0.462 e. The Bertz CT molecular complexity index is 1510. The Morgan fingerprint density at radius 3 is 1.81 bits per heavy atom. The van der Waals surface area contributed by atoms with Crippen molar-refractivity contribution in [2.45, 2.75) is 139 Å². The molecule has 0 unspecified atom stereocenters. The quantitative estimate of drug-likeness (QED) is 0.0788. The number of ketones is 1. The van der Waals surface area contributed by atoms with Crippen molar-refractivity contribution in [2.24, 2.45) is 16.2 Å². The molecule has 262 valence electrons. The van der Waals surface area contributed by atoms with E-state index >= 15 is 0 Å². The van der Waals surface area contributed by atoms with Gasteiger partial charge < -0.3 is 14.6 Å². The maximum atomic E-state index is 13.1. The van der Waals surface area contributed by atoms with Crippen molar-refractivity contribution in [3.63, 3.8) is 0 Å². The average molecular weight is 657 g/mol. The lowest BCUT2D eigenvalue weighted by molar-refractivity contribution is -0.150. The molecule has 3 fully saturated rings. The van der Waals surface area contributed by atoms with Crippen molar-refractivity contribution < 1.29 is 24.2 Å². The van der Waals surface area contributed by atoms with Crippen LogP contribution in [0.3, 0.4) is 0 Å². The number of carbonyl (C=O) groups excluding carboxylic acids is 2. The summed E-state index contributed by atoms with van der Waals surface area (Å²) in [4.78, 5) is 24.6. The number of aliphatic hydroxyl groups is 1. The van der Waals surface area contributed by atoms with Crippen LogP contribution in [-0.2, 0) is 19.1 Å². The Morgan fingerprint density at radius 1 is 0.771 bits per heavy atom. The van der Waals surface area contributed by atoms with Crippen LogP contribution in [0, 0.1) is 16.2 Å². The van der Waals surface area contributed by atoms with Crippen LogP contribution in [0.1, 0.15) is 115 Å². The summed E-state index contributed by atoms with van der Waals surface area (Å²) in [5, 5.41) is 10.3. The first kappa shape index (κ1) is 39.2. The Hall–Kier alpha value is -3.24. The molecule has 5 nitrogen and oxygen atoms in total. The number of Topliss-reactive ketones (excluding diaryl/α,β-unsaturated/α-hetero) is 1. The van der Waals surface area contributed by atoms with Gasteiger partial charge in [0.15, 0.2) is 5.78 Å². The molecule has 2 saturated carbocycles. The molecule has 0 spiro atoms. The van der Waals surface area contributed by atoms with Gasteiger partial charge >= 0.3 is 5.97 Å². The molecule has 48 heavy (non-hydrogen) atoms. The van der Waals surface area contributed by atoms with Gasteiger partial charge in [-0.25, -0.2) is 0 Å². The van der Waals surface area contributed by atoms with E-state index < -0.39 is 11.2 Å². The molecule has 0 amide bonds. The fourth-order valence-electron chi connectivity index (χ4n) is 8.11. The molecule has 3 rings (SSSR count). The van der Waals surface area contributed by atoms with Gasteiger partial charge in [0.2, 0.25) is 0 Å². The zero-order valence-electron chi connectivity index (χ0n) is 31.6. The van der Waals surface area contributed by atoms with Gasteiger partial charge in [-0.1, -0.05) is 113 Å². The molecule has 0 aromatic rings. The lowest BCUT2D eigenvalue weighted by atomic mass is 9.60. The second-order valence-corrected chi connectivity index (χ2v) is 16.5. The fraction of sp³-hybridized carbons (Fsp3) is 0.558. The molecule has 1 heterocycles. The largest absolute Gasteiger partial charge is 0.462 e. The van der Waals surface area contributed by atoms with Gasteiger partial charge in [-0.2, -0.15) is 0 Å². The maximum absolute atomic E-state index is 13.1. The van der Waals surface area contributed by atoms with Crippen LogP contribution >= 0.6 is 0 Å². The number of esters is 1. The Kier molecular flexibility index (Phi) is 12.3. The van der Waals surface area contributed by atoms with E-state index in [1.807, 2.05) is 57.2 Å². The molecule has 0 aromatic carbocycles. The standard InChI is InChI=1S/C43H60O5/c1-30(19-15-20-32(3)23-24-38-39(6,7)27-36(47-34(5)44)28-40(38,8)9)17-13-14-18-31(2)21-16-22-33(4)37(46)29-43-41(10,11)25-35(45)26-42(43,12)48-43/h13-23,35-36,45H,25-29H2,1-12H3/b14-13+,19-15+,21-16+,30-17+,31-18+,32-20+,33-22+/t24?,35-,36?,42+,43-/m0/s1. The van der Waals surface area contributed by atoms with E-state index in [1.165, 1.54) is 12.5 Å². The molecular formula is C43H60O5. The van der Waals surface area contributed by atoms with Gasteiger partial charge in [-0.15, -0.1) is 5.73 Å². The number of aliphatic hydroxyl groups excluding tert-OH is 1. The van der Waals surface area contributed by atoms with Crippen molar-refractivity contribution in [3.05, 3.63) is 100 Å². The number of fused-ring (bicyclic) bond motifs is 1. The molecule has 1 saturated heterocycles. The van der Waals surface area contributed by atoms with Crippen molar-refractivity contribution in [1.82, 2.24) is 0 Å². The van der Waals surface area contributed by atoms with Gasteiger partial charge in [0, 0.05) is 19.8 Å². The van der Waals surface area contributed by atoms with Crippen LogP contribution in [0.5, 0.6) is 0 Å². The molecule has 1 aliphatic heterocycles. The number of allylic oxidation sites excluding steroid dienone is 15. The Labute approximate surface area is 290 Å². The summed E-state index contributed by atoms with van der Waals surface area (Å²) < 4.78 is 11.8. The molecule has 3 atom stereocenters. The van der Waals surface area contributed by atoms with Crippen LogP contribution in [0.15, 0.2) is 100 Å². The summed E-state index contributed by atoms with van der Waals surface area (Å²) in [5.74, 6) is -0.123. The highest BCUT2D eigenvalue weighted by Gasteiger charge is 2.76. The SMILES string of the molecule is CC(=O)OC1CC(C)(C)C(=C=C/C(C)=C/C=C/C(C)=C/C=C/C=C(C)/C=C/C=C(\C)C(=O)C[C@@]23O[C@]2(C)C[C@@H](O)CC3(C)C)C(C)(C)C1. The van der Waals surface area contributed by atoms with Crippen molar-refractivity contribution >= 4 is 11.8 Å². The third-order valence-corrected chi connectivity index (χ3v) is 10.4. The highest BCUT2D eigenvalue weighted by molar-refractivity contribution is 5.96. The van der Waals surface area contributed by atoms with E-state index in [2.05, 4.69) is 91.5 Å². The fourth-order valence-corrected chi connectivity index (χ4v) is 8.11. The molecule has 1 N–H and O–H groups in total. The van der Waals surface area contributed by atoms with E-state index in [9.17, 15) is 14.7 Å². The second-order valence-electron chi connectivity index (χ2n) is 16.5. The molecule has 0 aromatic heterocycles. The number of rotatable bonds is 11. The lowest BCUT2D eigenvalue weighted by Gasteiger charge is -2.46. The van der Waals surface area contributed by atoms with E-state index in [-0.39, 0.29) is 40.2 Å². The molecular weight excluding hydrogens is 596 g/mol. The summed E-state index contributed by atoms with van der Waals surface area (Å²) in [5.41, 5.74) is 7.50. The predicted octanol–water partition coefficient (Wildman–Crippen LogP) is 9.97. The van der Waals surface area contributed by atoms with Gasteiger partial charge in [0.25, 0.3) is 0 Å². The van der Waals surface area contributed by atoms with Crippen LogP contribution in [0.25, 0.3) is 0 Å². The number of hydrogen-bond donors (Lipinski definition) is 1. The monoisotopic (exact) mass is 656 g/mol. The van der Waals surface area contributed by atoms with Crippen LogP contribution in [-0.4, -0.2) is 40.3 Å². The number of carbonyl (C=O) groups is 2. The van der Waals surface area contributed by atoms with Crippen molar-refractivity contribution in [3.8, 4) is 0 Å². The van der Waals surface area contributed by atoms with E-state index in [0.29, 0.717) is 24.8 Å². The third kappa shape index (κ3) is 9.68. The zero-order chi connectivity index (χ0) is 36.1. The Balaban J connectivity index is 1.54. The summed E-state index contributed by atoms with van der Waals surface area (Å²) in [6, 6.07) is 0. The summed E-state index contributed by atoms with van der Waals surface area (Å²) in [6.45, 7) is 24.6. The van der Waals surface area contributed by atoms with Crippen molar-refractivity contribution in [2.75, 3.05) is 0 Å². The van der Waals surface area contributed by atoms with Crippen molar-refractivity contribution in [1.29, 1.82) is 0 Å². The van der Waals surface area contributed by atoms with Gasteiger partial charge in [-0.3, -0.25) is 9.59 Å². The highest BCUT2D eigenvalue weighted by atomic mass is 16.6. The first-order valence-corrected chi connectivity index (χ1v) is 17.4. The summed E-state index contributed by atoms with van der Waals surface area (Å²) >= 11 is 0. The molecule has 5 heteroatoms. The van der Waals surface area contributed by atoms with Crippen LogP contribution < -0.4 is 0 Å². The lowest BCUT2D eigenvalue weighted by Crippen LogP contribution is -2.48. The first-order chi connectivity index (χ1) is 22.1. The summed E-state index contributed by atoms with van der Waals surface area (Å²) in [7, 11) is 0. The molecule has 0 bridgehead atoms. The minimum absolute atomic E-state index is 0.0620. The Morgan fingerprint density at radius 2 is 1.29 bits per heavy atom.